The summed E-state index contributed by atoms with van der Waals surface area (Å²) in [5.41, 5.74) is 5.89. The monoisotopic (exact) mass is 980 g/mol. The van der Waals surface area contributed by atoms with Crippen LogP contribution in [0.1, 0.15) is 130 Å². The number of ether oxygens (including phenoxy) is 2. The van der Waals surface area contributed by atoms with Crippen LogP contribution < -0.4 is 10.6 Å². The minimum absolute atomic E-state index is 0.0687. The summed E-state index contributed by atoms with van der Waals surface area (Å²) in [6, 6.07) is 38.7. The largest absolute Gasteiger partial charge is 0.449 e. The molecule has 7 rings (SSSR count). The number of esters is 1. The number of amides is 4. The van der Waals surface area contributed by atoms with Crippen LogP contribution in [0.25, 0.3) is 11.1 Å². The molecule has 0 radical (unpaired) electrons. The van der Waals surface area contributed by atoms with Crippen LogP contribution in [-0.2, 0) is 34.3 Å². The summed E-state index contributed by atoms with van der Waals surface area (Å²) in [6.07, 6.45) is 10.2. The molecule has 1 saturated carbocycles. The molecule has 0 aliphatic heterocycles. The second-order valence-electron chi connectivity index (χ2n) is 19.4. The van der Waals surface area contributed by atoms with Crippen LogP contribution >= 0.6 is 11.6 Å². The molecule has 2 aliphatic carbocycles. The first-order valence-electron chi connectivity index (χ1n) is 25.3. The fraction of sp³-hybridized carbons (Fsp3) is 0.407. The first kappa shape index (κ1) is 52.4. The normalized spacial score (nSPS) is 16.1. The van der Waals surface area contributed by atoms with Crippen LogP contribution in [0, 0.1) is 5.92 Å². The van der Waals surface area contributed by atoms with E-state index in [1.54, 1.807) is 20.2 Å². The molecule has 0 spiro atoms. The van der Waals surface area contributed by atoms with Crippen molar-refractivity contribution in [3.63, 3.8) is 0 Å². The number of nitrogens with one attached hydrogen (secondary N) is 2. The van der Waals surface area contributed by atoms with Crippen molar-refractivity contribution in [1.29, 1.82) is 0 Å². The highest BCUT2D eigenvalue weighted by atomic mass is 35.5. The van der Waals surface area contributed by atoms with E-state index in [9.17, 15) is 24.0 Å². The van der Waals surface area contributed by atoms with Crippen LogP contribution in [0.2, 0.25) is 5.02 Å². The van der Waals surface area contributed by atoms with Gasteiger partial charge in [-0.05, 0) is 58.6 Å². The van der Waals surface area contributed by atoms with E-state index in [0.717, 1.165) is 40.0 Å². The van der Waals surface area contributed by atoms with Gasteiger partial charge in [-0.1, -0.05) is 198 Å². The lowest BCUT2D eigenvalue weighted by Crippen LogP contribution is -2.54. The summed E-state index contributed by atoms with van der Waals surface area (Å²) in [4.78, 5) is 72.4. The molecule has 0 heterocycles. The van der Waals surface area contributed by atoms with E-state index in [0.29, 0.717) is 34.1 Å². The minimum atomic E-state index is -1.54. The van der Waals surface area contributed by atoms with Crippen LogP contribution in [0.3, 0.4) is 0 Å². The summed E-state index contributed by atoms with van der Waals surface area (Å²) < 4.78 is 12.5. The molecule has 1 unspecified atom stereocenters. The van der Waals surface area contributed by atoms with E-state index in [1.807, 2.05) is 111 Å². The lowest BCUT2D eigenvalue weighted by atomic mass is 9.78. The summed E-state index contributed by atoms with van der Waals surface area (Å²) in [6.45, 7) is 3.28. The van der Waals surface area contributed by atoms with Crippen LogP contribution in [0.5, 0.6) is 0 Å². The molecule has 0 saturated heterocycles. The molecule has 71 heavy (non-hydrogen) atoms. The molecule has 11 nitrogen and oxygen atoms in total. The lowest BCUT2D eigenvalue weighted by molar-refractivity contribution is -0.158. The second-order valence-corrected chi connectivity index (χ2v) is 19.8. The molecule has 2 N–H and O–H groups in total. The Hall–Kier alpha value is -6.46. The van der Waals surface area contributed by atoms with E-state index in [-0.39, 0.29) is 18.4 Å². The average molecular weight is 982 g/mol. The highest BCUT2D eigenvalue weighted by Crippen LogP contribution is 2.46. The Kier molecular flexibility index (Phi) is 18.1. The van der Waals surface area contributed by atoms with Crippen molar-refractivity contribution in [2.75, 3.05) is 34.3 Å². The number of halogens is 1. The van der Waals surface area contributed by atoms with E-state index >= 15 is 0 Å². The quantitative estimate of drug-likeness (QED) is 0.0700. The number of rotatable bonds is 17. The van der Waals surface area contributed by atoms with Gasteiger partial charge in [0.05, 0.1) is 13.0 Å². The Labute approximate surface area is 424 Å². The zero-order valence-corrected chi connectivity index (χ0v) is 42.6. The number of fused-ring (bicyclic) bond motifs is 3. The number of hydrogen-bond donors (Lipinski definition) is 2. The van der Waals surface area contributed by atoms with E-state index in [4.69, 9.17) is 21.1 Å². The minimum Gasteiger partial charge on any atom is -0.449 e. The van der Waals surface area contributed by atoms with E-state index in [2.05, 4.69) is 34.9 Å². The molecule has 5 aromatic rings. The molecular formula is C59H69ClN4O7. The zero-order chi connectivity index (χ0) is 50.5. The molecule has 5 aromatic carbocycles. The molecule has 4 amide bonds. The van der Waals surface area contributed by atoms with Gasteiger partial charge in [-0.3, -0.25) is 19.2 Å². The fourth-order valence-corrected chi connectivity index (χ4v) is 10.6. The molecule has 2 aliphatic rings. The van der Waals surface area contributed by atoms with Crippen molar-refractivity contribution in [2.45, 2.75) is 114 Å². The Morgan fingerprint density at radius 2 is 1.25 bits per heavy atom. The van der Waals surface area contributed by atoms with Crippen molar-refractivity contribution in [2.24, 2.45) is 5.92 Å². The van der Waals surface area contributed by atoms with Crippen molar-refractivity contribution in [1.82, 2.24) is 20.4 Å². The van der Waals surface area contributed by atoms with Gasteiger partial charge in [-0.15, -0.1) is 0 Å². The Bertz CT molecular complexity index is 2570. The first-order chi connectivity index (χ1) is 34.3. The fourth-order valence-electron chi connectivity index (χ4n) is 10.3. The molecule has 1 fully saturated rings. The summed E-state index contributed by atoms with van der Waals surface area (Å²) in [5.74, 6) is -2.56. The Balaban J connectivity index is 1.07. The maximum atomic E-state index is 14.7. The van der Waals surface area contributed by atoms with Gasteiger partial charge in [0.2, 0.25) is 17.7 Å². The van der Waals surface area contributed by atoms with Crippen molar-refractivity contribution < 1.29 is 33.4 Å². The van der Waals surface area contributed by atoms with E-state index in [1.165, 1.54) is 62.5 Å². The van der Waals surface area contributed by atoms with Gasteiger partial charge in [0.1, 0.15) is 18.7 Å². The third-order valence-corrected chi connectivity index (χ3v) is 14.9. The molecule has 4 atom stereocenters. The standard InChI is InChI=1S/C59H69ClN4O7/c1-6-40(2)55(62-58(69)70-39-49-47-29-19-17-27-45(47)46-28-18-20-30-48(46)49)56(67)61-38-53(65)64(5)52(57(68)63(3)4)37-54(66)71-59(43-25-15-12-16-26-43,50-31-21-22-32-51(50)60)44-35-33-42(34-36-44)41-23-13-10-8-7-9-11-14-24-41/h12,15-22,25-36,40-41,49,52,55H,6-11,13-14,23-24,37-39H2,1-5H3,(H,61,67)(H,62,69)/t40-,52-,55-,59?/m0/s1. The highest BCUT2D eigenvalue weighted by Gasteiger charge is 2.44. The average Bonchev–Trinajstić information content (AvgIpc) is 3.72. The highest BCUT2D eigenvalue weighted by molar-refractivity contribution is 6.31. The maximum Gasteiger partial charge on any atom is 0.407 e. The van der Waals surface area contributed by atoms with Crippen molar-refractivity contribution in [3.8, 4) is 11.1 Å². The maximum absolute atomic E-state index is 14.7. The number of benzene rings is 5. The number of carbonyl (C=O) groups excluding carboxylic acids is 5. The predicted octanol–water partition coefficient (Wildman–Crippen LogP) is 11.2. The third-order valence-electron chi connectivity index (χ3n) is 14.6. The summed E-state index contributed by atoms with van der Waals surface area (Å²) in [5, 5.41) is 5.80. The summed E-state index contributed by atoms with van der Waals surface area (Å²) >= 11 is 7.04. The summed E-state index contributed by atoms with van der Waals surface area (Å²) in [7, 11) is 4.52. The number of carbonyl (C=O) groups is 5. The van der Waals surface area contributed by atoms with Crippen molar-refractivity contribution in [3.05, 3.63) is 166 Å². The van der Waals surface area contributed by atoms with Gasteiger partial charge in [-0.25, -0.2) is 4.79 Å². The molecule has 0 bridgehead atoms. The molecule has 0 aromatic heterocycles. The molecular weight excluding hydrogens is 912 g/mol. The number of likely N-dealkylation sites (N-methyl/N-ethyl adjacent to an activating group) is 2. The Morgan fingerprint density at radius 3 is 1.85 bits per heavy atom. The molecule has 12 heteroatoms. The smallest absolute Gasteiger partial charge is 0.407 e. The van der Waals surface area contributed by atoms with Gasteiger partial charge >= 0.3 is 12.1 Å². The van der Waals surface area contributed by atoms with Crippen molar-refractivity contribution >= 4 is 41.4 Å². The number of alkyl carbamates (subject to hydrolysis) is 1. The zero-order valence-electron chi connectivity index (χ0n) is 41.8. The van der Waals surface area contributed by atoms with E-state index < -0.39 is 60.4 Å². The molecule has 374 valence electrons. The van der Waals surface area contributed by atoms with Crippen LogP contribution in [0.15, 0.2) is 127 Å². The number of nitrogens with zero attached hydrogens (tertiary/aromatic N) is 2. The van der Waals surface area contributed by atoms with Crippen LogP contribution in [-0.4, -0.2) is 86.0 Å². The van der Waals surface area contributed by atoms with Gasteiger partial charge in [0.25, 0.3) is 0 Å². The van der Waals surface area contributed by atoms with Gasteiger partial charge < -0.3 is 29.9 Å². The van der Waals surface area contributed by atoms with Gasteiger partial charge in [0, 0.05) is 48.8 Å². The second kappa shape index (κ2) is 24.6. The third kappa shape index (κ3) is 12.4. The first-order valence-corrected chi connectivity index (χ1v) is 25.7. The van der Waals surface area contributed by atoms with Crippen LogP contribution in [0.4, 0.5) is 4.79 Å². The SMILES string of the molecule is CC[C@H](C)[C@H](NC(=O)OCC1c2ccccc2-c2ccccc21)C(=O)NCC(=O)N(C)[C@@H](CC(=O)OC(c1ccccc1)(c1ccc(C2CCCCCCCCC2)cc1)c1ccccc1Cl)C(=O)N(C)C. The predicted molar refractivity (Wildman–Crippen MR) is 279 cm³/mol. The van der Waals surface area contributed by atoms with Gasteiger partial charge in [-0.2, -0.15) is 0 Å². The Morgan fingerprint density at radius 1 is 0.704 bits per heavy atom. The number of hydrogen-bond acceptors (Lipinski definition) is 7. The topological polar surface area (TPSA) is 134 Å². The lowest BCUT2D eigenvalue weighted by Gasteiger charge is -2.37. The van der Waals surface area contributed by atoms with Gasteiger partial charge in [0.15, 0.2) is 5.60 Å².